The zero-order chi connectivity index (χ0) is 26.8. The van der Waals surface area contributed by atoms with Gasteiger partial charge in [-0.05, 0) is 50.6 Å². The van der Waals surface area contributed by atoms with Crippen molar-refractivity contribution in [3.8, 4) is 0 Å². The fourth-order valence-corrected chi connectivity index (χ4v) is 5.19. The van der Waals surface area contributed by atoms with Crippen molar-refractivity contribution in [2.45, 2.75) is 26.7 Å². The molecular weight excluding hydrogens is 512 g/mol. The minimum absolute atomic E-state index is 0.141. The number of benzene rings is 2. The first-order chi connectivity index (χ1) is 17.9. The van der Waals surface area contributed by atoms with E-state index in [1.807, 2.05) is 24.3 Å². The van der Waals surface area contributed by atoms with Crippen molar-refractivity contribution in [2.75, 3.05) is 31.3 Å². The van der Waals surface area contributed by atoms with Crippen LogP contribution in [0.3, 0.4) is 0 Å². The molecule has 0 bridgehead atoms. The van der Waals surface area contributed by atoms with E-state index in [9.17, 15) is 14.4 Å². The average molecular weight is 543 g/mol. The fraction of sp³-hybridized carbons (Fsp3) is 0.357. The van der Waals surface area contributed by atoms with Crippen molar-refractivity contribution in [3.05, 3.63) is 82.0 Å². The Labute approximate surface area is 226 Å². The Morgan fingerprint density at radius 2 is 1.76 bits per heavy atom. The van der Waals surface area contributed by atoms with Crippen molar-refractivity contribution in [2.24, 2.45) is 10.9 Å². The Morgan fingerprint density at radius 1 is 1.03 bits per heavy atom. The molecule has 9 heteroatoms. The van der Waals surface area contributed by atoms with Gasteiger partial charge in [0.15, 0.2) is 0 Å². The molecule has 7 nitrogen and oxygen atoms in total. The molecule has 0 radical (unpaired) electrons. The summed E-state index contributed by atoms with van der Waals surface area (Å²) >= 11 is 7.81. The van der Waals surface area contributed by atoms with Crippen LogP contribution in [-0.4, -0.2) is 54.8 Å². The van der Waals surface area contributed by atoms with Crippen LogP contribution in [0, 0.1) is 5.92 Å². The number of halogens is 1. The van der Waals surface area contributed by atoms with Gasteiger partial charge < -0.3 is 14.8 Å². The van der Waals surface area contributed by atoms with E-state index in [1.54, 1.807) is 51.1 Å². The zero-order valence-electron chi connectivity index (χ0n) is 21.2. The van der Waals surface area contributed by atoms with E-state index in [4.69, 9.17) is 21.1 Å². The predicted octanol–water partition coefficient (Wildman–Crippen LogP) is 5.06. The summed E-state index contributed by atoms with van der Waals surface area (Å²) in [6.45, 7) is 6.08. The summed E-state index contributed by atoms with van der Waals surface area (Å²) in [5.74, 6) is -1.54. The van der Waals surface area contributed by atoms with Gasteiger partial charge in [0.1, 0.15) is 5.92 Å². The molecule has 0 aromatic heterocycles. The number of rotatable bonds is 11. The molecule has 0 spiro atoms. The molecule has 1 aliphatic rings. The highest BCUT2D eigenvalue weighted by atomic mass is 35.5. The van der Waals surface area contributed by atoms with Crippen LogP contribution in [0.1, 0.15) is 42.6 Å². The van der Waals surface area contributed by atoms with E-state index >= 15 is 0 Å². The largest absolute Gasteiger partial charge is 0.465 e. The number of carbonyl (C=O) groups is 3. The lowest BCUT2D eigenvalue weighted by atomic mass is 9.75. The Morgan fingerprint density at radius 3 is 2.43 bits per heavy atom. The topological polar surface area (TPSA) is 94.1 Å². The molecular formula is C28H31ClN2O5S. The smallest absolute Gasteiger partial charge is 0.336 e. The number of hydrogen-bond acceptors (Lipinski definition) is 7. The van der Waals surface area contributed by atoms with Gasteiger partial charge in [-0.1, -0.05) is 41.9 Å². The maximum Gasteiger partial charge on any atom is 0.336 e. The Hall–Kier alpha value is -3.10. The van der Waals surface area contributed by atoms with E-state index in [0.717, 1.165) is 0 Å². The molecule has 2 aromatic rings. The number of amides is 1. The van der Waals surface area contributed by atoms with Gasteiger partial charge in [-0.25, -0.2) is 4.79 Å². The van der Waals surface area contributed by atoms with Crippen molar-refractivity contribution in [3.63, 3.8) is 0 Å². The summed E-state index contributed by atoms with van der Waals surface area (Å²) in [5.41, 5.74) is 2.74. The van der Waals surface area contributed by atoms with Gasteiger partial charge in [0.05, 0.1) is 24.5 Å². The van der Waals surface area contributed by atoms with Crippen molar-refractivity contribution in [1.29, 1.82) is 0 Å². The predicted molar refractivity (Wildman–Crippen MR) is 147 cm³/mol. The highest BCUT2D eigenvalue weighted by Gasteiger charge is 2.43. The number of aliphatic imine (C=N–C) groups is 1. The summed E-state index contributed by atoms with van der Waals surface area (Å²) in [6, 6.07) is 16.1. The molecule has 1 amide bonds. The summed E-state index contributed by atoms with van der Waals surface area (Å²) in [7, 11) is 0. The van der Waals surface area contributed by atoms with Crippen molar-refractivity contribution >= 4 is 46.9 Å². The lowest BCUT2D eigenvalue weighted by molar-refractivity contribution is -0.146. The molecule has 0 saturated heterocycles. The molecule has 37 heavy (non-hydrogen) atoms. The Bertz CT molecular complexity index is 1180. The van der Waals surface area contributed by atoms with Crippen LogP contribution in [0.5, 0.6) is 0 Å². The van der Waals surface area contributed by atoms with Crippen LogP contribution in [0.25, 0.3) is 0 Å². The van der Waals surface area contributed by atoms with Crippen molar-refractivity contribution in [1.82, 2.24) is 5.32 Å². The third kappa shape index (κ3) is 7.46. The van der Waals surface area contributed by atoms with Gasteiger partial charge in [-0.3, -0.25) is 14.6 Å². The molecule has 1 aliphatic heterocycles. The second-order valence-electron chi connectivity index (χ2n) is 8.27. The fourth-order valence-electron chi connectivity index (χ4n) is 4.19. The first kappa shape index (κ1) is 28.5. The number of carbonyl (C=O) groups excluding carboxylic acids is 3. The highest BCUT2D eigenvalue weighted by Crippen LogP contribution is 2.41. The number of nitrogens with zero attached hydrogens (tertiary/aromatic N) is 1. The molecule has 0 saturated carbocycles. The number of ether oxygens (including phenoxy) is 2. The molecule has 0 fully saturated rings. The van der Waals surface area contributed by atoms with E-state index < -0.39 is 23.8 Å². The van der Waals surface area contributed by atoms with E-state index in [-0.39, 0.29) is 19.1 Å². The lowest BCUT2D eigenvalue weighted by Gasteiger charge is -2.32. The third-order valence-electron chi connectivity index (χ3n) is 5.77. The lowest BCUT2D eigenvalue weighted by Crippen LogP contribution is -2.37. The van der Waals surface area contributed by atoms with E-state index in [1.165, 1.54) is 11.8 Å². The Kier molecular flexibility index (Phi) is 10.8. The maximum absolute atomic E-state index is 13.2. The molecule has 1 heterocycles. The number of esters is 2. The first-order valence-electron chi connectivity index (χ1n) is 12.2. The van der Waals surface area contributed by atoms with Crippen LogP contribution in [0.15, 0.2) is 70.9 Å². The Balaban J connectivity index is 1.85. The van der Waals surface area contributed by atoms with Crippen molar-refractivity contribution < 1.29 is 23.9 Å². The minimum atomic E-state index is -0.781. The molecule has 3 rings (SSSR count). The maximum atomic E-state index is 13.2. The zero-order valence-corrected chi connectivity index (χ0v) is 22.7. The third-order valence-corrected chi connectivity index (χ3v) is 6.97. The number of hydrogen-bond donors (Lipinski definition) is 1. The van der Waals surface area contributed by atoms with Gasteiger partial charge in [-0.2, -0.15) is 11.8 Å². The molecule has 2 atom stereocenters. The number of thioether (sulfide) groups is 1. The van der Waals surface area contributed by atoms with Gasteiger partial charge in [0.25, 0.3) is 5.91 Å². The summed E-state index contributed by atoms with van der Waals surface area (Å²) < 4.78 is 10.8. The van der Waals surface area contributed by atoms with Gasteiger partial charge in [0, 0.05) is 40.3 Å². The minimum Gasteiger partial charge on any atom is -0.465 e. The molecule has 0 aliphatic carbocycles. The van der Waals surface area contributed by atoms with Crippen LogP contribution in [0.4, 0.5) is 0 Å². The second-order valence-corrected chi connectivity index (χ2v) is 9.81. The molecule has 1 N–H and O–H groups in total. The van der Waals surface area contributed by atoms with Gasteiger partial charge in [-0.15, -0.1) is 0 Å². The van der Waals surface area contributed by atoms with Crippen LogP contribution < -0.4 is 5.32 Å². The molecule has 2 unspecified atom stereocenters. The van der Waals surface area contributed by atoms with Crippen LogP contribution >= 0.6 is 23.4 Å². The molecule has 2 aromatic carbocycles. The summed E-state index contributed by atoms with van der Waals surface area (Å²) in [6.07, 6.45) is 0. The average Bonchev–Trinajstić information content (AvgIpc) is 2.88. The van der Waals surface area contributed by atoms with Crippen LogP contribution in [0.2, 0.25) is 5.02 Å². The number of nitrogens with one attached hydrogen (secondary N) is 1. The van der Waals surface area contributed by atoms with Gasteiger partial charge >= 0.3 is 11.9 Å². The summed E-state index contributed by atoms with van der Waals surface area (Å²) in [5, 5.41) is 3.39. The quantitative estimate of drug-likeness (QED) is 0.315. The summed E-state index contributed by atoms with van der Waals surface area (Å²) in [4.78, 5) is 43.2. The van der Waals surface area contributed by atoms with E-state index in [0.29, 0.717) is 51.2 Å². The molecule has 196 valence electrons. The SMILES string of the molecule is CCOC(=O)C1=C(CSCCNC(=O)c2ccccc2)N=C(C)C(C(=O)OCC)C1c1cccc(Cl)c1. The van der Waals surface area contributed by atoms with E-state index in [2.05, 4.69) is 10.3 Å². The van der Waals surface area contributed by atoms with Gasteiger partial charge in [0.2, 0.25) is 0 Å². The van der Waals surface area contributed by atoms with Crippen LogP contribution in [-0.2, 0) is 19.1 Å². The monoisotopic (exact) mass is 542 g/mol. The highest BCUT2D eigenvalue weighted by molar-refractivity contribution is 7.99. The second kappa shape index (κ2) is 14.0. The first-order valence-corrected chi connectivity index (χ1v) is 13.7. The standard InChI is InChI=1S/C28H31ClN2O5S/c1-4-35-27(33)23-18(3)31-22(17-37-15-14-30-26(32)19-10-7-6-8-11-19)25(28(34)36-5-2)24(23)20-12-9-13-21(29)16-20/h6-13,16,23-24H,4-5,14-15,17H2,1-3H3,(H,30,32). The normalized spacial score (nSPS) is 17.1.